The molecule has 0 atom stereocenters. The predicted octanol–water partition coefficient (Wildman–Crippen LogP) is -2.42. The Morgan fingerprint density at radius 2 is 1.83 bits per heavy atom. The van der Waals surface area contributed by atoms with E-state index >= 15 is 0 Å². The van der Waals surface area contributed by atoms with Crippen molar-refractivity contribution in [3.8, 4) is 0 Å². The molecule has 0 bridgehead atoms. The standard InChI is InChI=1S/C10H3F3O4.Na/c11-5-1-3-8(14)4(10(15)16)2-17-9(3)7(13)6(5)12;/h1-2H,(H,15,16);/q;+1/p-1. The molecule has 0 fully saturated rings. The number of benzene rings is 1. The van der Waals surface area contributed by atoms with Crippen LogP contribution in [0.2, 0.25) is 0 Å². The maximum absolute atomic E-state index is 13.2. The van der Waals surface area contributed by atoms with Crippen molar-refractivity contribution < 1.29 is 57.0 Å². The quantitative estimate of drug-likeness (QED) is 0.425. The summed E-state index contributed by atoms with van der Waals surface area (Å²) in [5.41, 5.74) is -2.95. The van der Waals surface area contributed by atoms with Crippen LogP contribution in [0.15, 0.2) is 21.5 Å². The van der Waals surface area contributed by atoms with Crippen LogP contribution >= 0.6 is 0 Å². The fourth-order valence-electron chi connectivity index (χ4n) is 1.32. The zero-order chi connectivity index (χ0) is 12.7. The molecule has 2 aromatic rings. The fourth-order valence-corrected chi connectivity index (χ4v) is 1.32. The molecule has 0 aliphatic heterocycles. The number of carboxylic acids is 1. The summed E-state index contributed by atoms with van der Waals surface area (Å²) < 4.78 is 43.3. The number of halogens is 3. The van der Waals surface area contributed by atoms with Gasteiger partial charge in [0, 0.05) is 0 Å². The van der Waals surface area contributed by atoms with Crippen molar-refractivity contribution in [2.45, 2.75) is 0 Å². The van der Waals surface area contributed by atoms with Gasteiger partial charge in [-0.1, -0.05) is 0 Å². The Kier molecular flexibility index (Phi) is 4.20. The van der Waals surface area contributed by atoms with E-state index in [1.807, 2.05) is 0 Å². The van der Waals surface area contributed by atoms with Crippen LogP contribution in [0.5, 0.6) is 0 Å². The zero-order valence-electron chi connectivity index (χ0n) is 8.92. The summed E-state index contributed by atoms with van der Waals surface area (Å²) in [7, 11) is 0. The first-order chi connectivity index (χ1) is 7.93. The summed E-state index contributed by atoms with van der Waals surface area (Å²) in [5, 5.41) is 9.76. The third-order valence-corrected chi connectivity index (χ3v) is 2.12. The Balaban J connectivity index is 0.00000162. The molecule has 0 saturated carbocycles. The monoisotopic (exact) mass is 266 g/mol. The SMILES string of the molecule is O=C([O-])c1coc2c(F)c(F)c(F)cc2c1=O.[Na+]. The molecule has 88 valence electrons. The first kappa shape index (κ1) is 14.7. The van der Waals surface area contributed by atoms with Crippen molar-refractivity contribution in [2.75, 3.05) is 0 Å². The third-order valence-electron chi connectivity index (χ3n) is 2.12. The van der Waals surface area contributed by atoms with Gasteiger partial charge in [-0.3, -0.25) is 4.79 Å². The summed E-state index contributed by atoms with van der Waals surface area (Å²) in [6.07, 6.45) is 0.417. The predicted molar refractivity (Wildman–Crippen MR) is 46.7 cm³/mol. The van der Waals surface area contributed by atoms with Gasteiger partial charge >= 0.3 is 29.6 Å². The van der Waals surface area contributed by atoms with Gasteiger partial charge < -0.3 is 14.3 Å². The molecule has 0 spiro atoms. The Hall–Kier alpha value is -1.31. The van der Waals surface area contributed by atoms with Crippen LogP contribution in [0.25, 0.3) is 11.0 Å². The molecule has 18 heavy (non-hydrogen) atoms. The molecule has 4 nitrogen and oxygen atoms in total. The van der Waals surface area contributed by atoms with E-state index in [1.165, 1.54) is 0 Å². The van der Waals surface area contributed by atoms with E-state index in [0.717, 1.165) is 0 Å². The molecule has 0 N–H and O–H groups in total. The summed E-state index contributed by atoms with van der Waals surface area (Å²) in [4.78, 5) is 21.9. The average Bonchev–Trinajstić information content (AvgIpc) is 2.27. The van der Waals surface area contributed by atoms with Crippen LogP contribution in [0, 0.1) is 17.5 Å². The summed E-state index contributed by atoms with van der Waals surface area (Å²) in [6, 6.07) is 0.367. The van der Waals surface area contributed by atoms with E-state index < -0.39 is 45.4 Å². The van der Waals surface area contributed by atoms with E-state index in [4.69, 9.17) is 0 Å². The molecule has 0 aliphatic carbocycles. The van der Waals surface area contributed by atoms with Gasteiger partial charge in [0.15, 0.2) is 17.2 Å². The van der Waals surface area contributed by atoms with Gasteiger partial charge in [-0.25, -0.2) is 8.78 Å². The number of hydrogen-bond donors (Lipinski definition) is 0. The van der Waals surface area contributed by atoms with Gasteiger partial charge in [0.05, 0.1) is 16.9 Å². The molecule has 0 saturated heterocycles. The van der Waals surface area contributed by atoms with Crippen molar-refractivity contribution in [2.24, 2.45) is 0 Å². The van der Waals surface area contributed by atoms with E-state index in [1.54, 1.807) is 0 Å². The van der Waals surface area contributed by atoms with Crippen LogP contribution < -0.4 is 40.1 Å². The van der Waals surface area contributed by atoms with E-state index in [-0.39, 0.29) is 29.6 Å². The largest absolute Gasteiger partial charge is 1.00 e. The number of rotatable bonds is 1. The Bertz CT molecular complexity index is 696. The maximum Gasteiger partial charge on any atom is 1.00 e. The molecule has 0 unspecified atom stereocenters. The molecule has 8 heteroatoms. The second-order valence-corrected chi connectivity index (χ2v) is 3.13. The molecule has 0 aliphatic rings. The molecule has 0 amide bonds. The molecule has 2 rings (SSSR count). The van der Waals surface area contributed by atoms with Crippen molar-refractivity contribution in [3.05, 3.63) is 45.6 Å². The first-order valence-corrected chi connectivity index (χ1v) is 4.24. The third kappa shape index (κ3) is 2.16. The number of hydrogen-bond acceptors (Lipinski definition) is 4. The number of aromatic carboxylic acids is 1. The smallest absolute Gasteiger partial charge is 0.545 e. The zero-order valence-corrected chi connectivity index (χ0v) is 10.9. The Labute approximate surface area is 119 Å². The Morgan fingerprint density at radius 3 is 2.39 bits per heavy atom. The van der Waals surface area contributed by atoms with Crippen LogP contribution in [-0.4, -0.2) is 5.97 Å². The summed E-state index contributed by atoms with van der Waals surface area (Å²) in [6.45, 7) is 0. The maximum atomic E-state index is 13.2. The topological polar surface area (TPSA) is 70.3 Å². The first-order valence-electron chi connectivity index (χ1n) is 4.24. The van der Waals surface area contributed by atoms with E-state index in [0.29, 0.717) is 12.3 Å². The second kappa shape index (κ2) is 5.13. The van der Waals surface area contributed by atoms with Crippen LogP contribution in [0.4, 0.5) is 13.2 Å². The van der Waals surface area contributed by atoms with Gasteiger partial charge in [0.2, 0.25) is 11.2 Å². The van der Waals surface area contributed by atoms with E-state index in [2.05, 4.69) is 4.42 Å². The molecule has 1 aromatic carbocycles. The van der Waals surface area contributed by atoms with Gasteiger partial charge in [-0.05, 0) is 6.07 Å². The normalized spacial score (nSPS) is 10.2. The summed E-state index contributed by atoms with van der Waals surface area (Å²) in [5.74, 6) is -6.97. The Morgan fingerprint density at radius 1 is 1.22 bits per heavy atom. The number of carbonyl (C=O) groups excluding carboxylic acids is 1. The van der Waals surface area contributed by atoms with Crippen molar-refractivity contribution >= 4 is 16.9 Å². The minimum Gasteiger partial charge on any atom is -0.545 e. The minimum atomic E-state index is -1.86. The second-order valence-electron chi connectivity index (χ2n) is 3.13. The molecular weight excluding hydrogens is 264 g/mol. The molecular formula is C10H2F3NaO4. The van der Waals surface area contributed by atoms with Crippen molar-refractivity contribution in [3.63, 3.8) is 0 Å². The van der Waals surface area contributed by atoms with Crippen LogP contribution in [-0.2, 0) is 0 Å². The van der Waals surface area contributed by atoms with Crippen molar-refractivity contribution in [1.82, 2.24) is 0 Å². The molecule has 1 heterocycles. The van der Waals surface area contributed by atoms with Gasteiger partial charge in [0.1, 0.15) is 6.26 Å². The molecule has 1 aromatic heterocycles. The average molecular weight is 266 g/mol. The number of carboxylic acid groups (broad SMARTS) is 1. The summed E-state index contributed by atoms with van der Waals surface area (Å²) >= 11 is 0. The fraction of sp³-hybridized carbons (Fsp3) is 0. The number of fused-ring (bicyclic) bond motifs is 1. The van der Waals surface area contributed by atoms with Gasteiger partial charge in [-0.2, -0.15) is 4.39 Å². The number of carbonyl (C=O) groups is 1. The van der Waals surface area contributed by atoms with Crippen molar-refractivity contribution in [1.29, 1.82) is 0 Å². The van der Waals surface area contributed by atoms with Crippen LogP contribution in [0.1, 0.15) is 10.4 Å². The van der Waals surface area contributed by atoms with Crippen LogP contribution in [0.3, 0.4) is 0 Å². The minimum absolute atomic E-state index is 0. The van der Waals surface area contributed by atoms with Gasteiger partial charge in [0.25, 0.3) is 0 Å². The van der Waals surface area contributed by atoms with Gasteiger partial charge in [-0.15, -0.1) is 0 Å². The molecule has 0 radical (unpaired) electrons. The van der Waals surface area contributed by atoms with E-state index in [9.17, 15) is 27.9 Å².